The number of ether oxygens (including phenoxy) is 1. The Morgan fingerprint density at radius 3 is 2.18 bits per heavy atom. The fourth-order valence-electron chi connectivity index (χ4n) is 4.92. The van der Waals surface area contributed by atoms with Gasteiger partial charge in [0.15, 0.2) is 0 Å². The van der Waals surface area contributed by atoms with Crippen molar-refractivity contribution in [2.24, 2.45) is 17.3 Å². The van der Waals surface area contributed by atoms with E-state index in [-0.39, 0.29) is 0 Å². The van der Waals surface area contributed by atoms with Gasteiger partial charge in [0, 0.05) is 20.2 Å². The first-order valence-electron chi connectivity index (χ1n) is 9.56. The minimum atomic E-state index is 0.567. The van der Waals surface area contributed by atoms with Crippen LogP contribution in [0, 0.1) is 17.3 Å². The SMILES string of the molecule is COC1CC2(CCN(CC3CCN(CC(C)C)CC3)CC2)C1. The van der Waals surface area contributed by atoms with Crippen LogP contribution in [0.5, 0.6) is 0 Å². The van der Waals surface area contributed by atoms with Gasteiger partial charge in [0.2, 0.25) is 0 Å². The molecule has 0 aromatic carbocycles. The Kier molecular flexibility index (Phi) is 5.47. The standard InChI is InChI=1S/C19H36N2O/c1-16(2)14-20-8-4-17(5-9-20)15-21-10-6-19(7-11-21)12-18(13-19)22-3/h16-18H,4-15H2,1-3H3. The van der Waals surface area contributed by atoms with Crippen molar-refractivity contribution in [3.63, 3.8) is 0 Å². The van der Waals surface area contributed by atoms with E-state index in [2.05, 4.69) is 23.6 Å². The van der Waals surface area contributed by atoms with Gasteiger partial charge in [0.05, 0.1) is 6.10 Å². The lowest BCUT2D eigenvalue weighted by Gasteiger charge is -2.52. The third kappa shape index (κ3) is 4.04. The van der Waals surface area contributed by atoms with Gasteiger partial charge in [0.1, 0.15) is 0 Å². The quantitative estimate of drug-likeness (QED) is 0.775. The van der Waals surface area contributed by atoms with Gasteiger partial charge in [-0.3, -0.25) is 0 Å². The average Bonchev–Trinajstić information content (AvgIpc) is 2.47. The van der Waals surface area contributed by atoms with Crippen molar-refractivity contribution < 1.29 is 4.74 Å². The summed E-state index contributed by atoms with van der Waals surface area (Å²) in [6, 6.07) is 0. The van der Waals surface area contributed by atoms with Crippen LogP contribution in [-0.2, 0) is 4.74 Å². The summed E-state index contributed by atoms with van der Waals surface area (Å²) in [5, 5.41) is 0. The fourth-order valence-corrected chi connectivity index (χ4v) is 4.92. The summed E-state index contributed by atoms with van der Waals surface area (Å²) < 4.78 is 5.48. The zero-order chi connectivity index (χ0) is 15.6. The number of likely N-dealkylation sites (tertiary alicyclic amines) is 2. The van der Waals surface area contributed by atoms with Crippen molar-refractivity contribution >= 4 is 0 Å². The van der Waals surface area contributed by atoms with Crippen LogP contribution < -0.4 is 0 Å². The summed E-state index contributed by atoms with van der Waals surface area (Å²) in [5.74, 6) is 1.76. The summed E-state index contributed by atoms with van der Waals surface area (Å²) in [6.07, 6.45) is 8.88. The molecule has 0 bridgehead atoms. The third-order valence-corrected chi connectivity index (χ3v) is 6.42. The van der Waals surface area contributed by atoms with Crippen LogP contribution in [0.4, 0.5) is 0 Å². The van der Waals surface area contributed by atoms with Crippen LogP contribution >= 0.6 is 0 Å². The summed E-state index contributed by atoms with van der Waals surface area (Å²) in [5.41, 5.74) is 0.664. The Bertz CT molecular complexity index is 333. The number of hydrogen-bond acceptors (Lipinski definition) is 3. The molecule has 1 aliphatic carbocycles. The molecule has 0 atom stereocenters. The molecular formula is C19H36N2O. The van der Waals surface area contributed by atoms with Crippen molar-refractivity contribution in [1.29, 1.82) is 0 Å². The lowest BCUT2D eigenvalue weighted by Crippen LogP contribution is -2.50. The second kappa shape index (κ2) is 7.19. The normalized spacial score (nSPS) is 28.4. The van der Waals surface area contributed by atoms with Gasteiger partial charge < -0.3 is 14.5 Å². The molecule has 1 saturated carbocycles. The highest BCUT2D eigenvalue weighted by Crippen LogP contribution is 2.50. The molecule has 3 nitrogen and oxygen atoms in total. The lowest BCUT2D eigenvalue weighted by atomic mass is 9.61. The number of hydrogen-bond donors (Lipinski definition) is 0. The molecule has 3 aliphatic rings. The van der Waals surface area contributed by atoms with Crippen LogP contribution in [0.2, 0.25) is 0 Å². The van der Waals surface area contributed by atoms with Crippen molar-refractivity contribution in [3.8, 4) is 0 Å². The highest BCUT2D eigenvalue weighted by Gasteiger charge is 2.46. The second-order valence-corrected chi connectivity index (χ2v) is 8.70. The van der Waals surface area contributed by atoms with Crippen molar-refractivity contribution in [2.75, 3.05) is 46.4 Å². The molecule has 128 valence electrons. The molecule has 3 rings (SSSR count). The molecule has 0 radical (unpaired) electrons. The van der Waals surface area contributed by atoms with E-state index < -0.39 is 0 Å². The fraction of sp³-hybridized carbons (Fsp3) is 1.00. The molecule has 2 aliphatic heterocycles. The van der Waals surface area contributed by atoms with E-state index in [0.29, 0.717) is 11.5 Å². The summed E-state index contributed by atoms with van der Waals surface area (Å²) in [6.45, 7) is 12.7. The smallest absolute Gasteiger partial charge is 0.0582 e. The minimum Gasteiger partial charge on any atom is -0.381 e. The summed E-state index contributed by atoms with van der Waals surface area (Å²) in [7, 11) is 1.87. The van der Waals surface area contributed by atoms with Crippen LogP contribution in [-0.4, -0.2) is 62.3 Å². The highest BCUT2D eigenvalue weighted by molar-refractivity contribution is 4.98. The van der Waals surface area contributed by atoms with Crippen LogP contribution in [0.3, 0.4) is 0 Å². The average molecular weight is 309 g/mol. The molecule has 2 heterocycles. The van der Waals surface area contributed by atoms with Gasteiger partial charge in [-0.1, -0.05) is 13.8 Å². The molecule has 3 heteroatoms. The van der Waals surface area contributed by atoms with Gasteiger partial charge >= 0.3 is 0 Å². The number of piperidine rings is 2. The third-order valence-electron chi connectivity index (χ3n) is 6.42. The molecule has 2 saturated heterocycles. The van der Waals surface area contributed by atoms with E-state index in [1.165, 1.54) is 77.8 Å². The van der Waals surface area contributed by atoms with Gasteiger partial charge in [-0.15, -0.1) is 0 Å². The van der Waals surface area contributed by atoms with Crippen molar-refractivity contribution in [2.45, 2.75) is 58.5 Å². The number of methoxy groups -OCH3 is 1. The Morgan fingerprint density at radius 2 is 1.64 bits per heavy atom. The molecule has 22 heavy (non-hydrogen) atoms. The number of rotatable bonds is 5. The number of nitrogens with zero attached hydrogens (tertiary/aromatic N) is 2. The van der Waals surface area contributed by atoms with E-state index in [1.54, 1.807) is 0 Å². The maximum Gasteiger partial charge on any atom is 0.0582 e. The van der Waals surface area contributed by atoms with Crippen molar-refractivity contribution in [3.05, 3.63) is 0 Å². The van der Waals surface area contributed by atoms with E-state index in [1.807, 2.05) is 7.11 Å². The Morgan fingerprint density at radius 1 is 1.00 bits per heavy atom. The lowest BCUT2D eigenvalue weighted by molar-refractivity contribution is -0.0892. The molecule has 0 amide bonds. The molecule has 0 N–H and O–H groups in total. The minimum absolute atomic E-state index is 0.567. The first kappa shape index (κ1) is 16.7. The van der Waals surface area contributed by atoms with Crippen LogP contribution in [0.1, 0.15) is 52.4 Å². The van der Waals surface area contributed by atoms with Gasteiger partial charge in [0.25, 0.3) is 0 Å². The van der Waals surface area contributed by atoms with Crippen LogP contribution in [0.25, 0.3) is 0 Å². The van der Waals surface area contributed by atoms with Gasteiger partial charge in [-0.05, 0) is 82.0 Å². The van der Waals surface area contributed by atoms with Gasteiger partial charge in [-0.2, -0.15) is 0 Å². The van der Waals surface area contributed by atoms with E-state index in [4.69, 9.17) is 4.74 Å². The van der Waals surface area contributed by atoms with E-state index >= 15 is 0 Å². The Hall–Kier alpha value is -0.120. The molecule has 0 aromatic rings. The van der Waals surface area contributed by atoms with Gasteiger partial charge in [-0.25, -0.2) is 0 Å². The first-order chi connectivity index (χ1) is 10.6. The predicted molar refractivity (Wildman–Crippen MR) is 92.1 cm³/mol. The molecule has 3 fully saturated rings. The summed E-state index contributed by atoms with van der Waals surface area (Å²) in [4.78, 5) is 5.43. The second-order valence-electron chi connectivity index (χ2n) is 8.70. The first-order valence-corrected chi connectivity index (χ1v) is 9.56. The largest absolute Gasteiger partial charge is 0.381 e. The summed E-state index contributed by atoms with van der Waals surface area (Å²) >= 11 is 0. The monoisotopic (exact) mass is 308 g/mol. The maximum absolute atomic E-state index is 5.48. The predicted octanol–water partition coefficient (Wildman–Crippen LogP) is 3.25. The topological polar surface area (TPSA) is 15.7 Å². The molecular weight excluding hydrogens is 272 g/mol. The zero-order valence-electron chi connectivity index (χ0n) is 15.0. The molecule has 1 spiro atoms. The molecule has 0 unspecified atom stereocenters. The van der Waals surface area contributed by atoms with E-state index in [9.17, 15) is 0 Å². The van der Waals surface area contributed by atoms with Crippen LogP contribution in [0.15, 0.2) is 0 Å². The maximum atomic E-state index is 5.48. The molecule has 0 aromatic heterocycles. The Balaban J connectivity index is 1.34. The zero-order valence-corrected chi connectivity index (χ0v) is 15.0. The van der Waals surface area contributed by atoms with E-state index in [0.717, 1.165) is 11.8 Å². The van der Waals surface area contributed by atoms with Crippen molar-refractivity contribution in [1.82, 2.24) is 9.80 Å². The Labute approximate surface area is 137 Å². The highest BCUT2D eigenvalue weighted by atomic mass is 16.5.